The summed E-state index contributed by atoms with van der Waals surface area (Å²) in [6.07, 6.45) is 4.91. The van der Waals surface area contributed by atoms with Crippen LogP contribution in [0.2, 0.25) is 0 Å². The Hall–Kier alpha value is -3.47. The van der Waals surface area contributed by atoms with E-state index in [0.29, 0.717) is 35.6 Å². The minimum absolute atomic E-state index is 0.267. The van der Waals surface area contributed by atoms with Crippen LogP contribution < -0.4 is 5.32 Å². The molecule has 1 aliphatic heterocycles. The van der Waals surface area contributed by atoms with Gasteiger partial charge in [0, 0.05) is 24.6 Å². The van der Waals surface area contributed by atoms with E-state index in [1.807, 2.05) is 0 Å². The highest BCUT2D eigenvalue weighted by molar-refractivity contribution is 5.97. The first-order valence-electron chi connectivity index (χ1n) is 9.90. The Kier molecular flexibility index (Phi) is 6.31. The number of nitrogens with zero attached hydrogens (tertiary/aromatic N) is 4. The second-order valence-electron chi connectivity index (χ2n) is 8.15. The largest absolute Gasteiger partial charge is 0.444 e. The standard InChI is InChI=1S/C22H25N5O3/c1-22(2,3)30-21(29)27-11-5-4-6-19(27)20(28)26-16-8-10-25-18(13-16)17-12-15(14-23)7-9-24-17/h7-10,12-13,19H,4-6,11H2,1-3H3,(H,25,26,28). The molecule has 0 radical (unpaired) electrons. The minimum atomic E-state index is -0.624. The number of likely N-dealkylation sites (tertiary alicyclic amines) is 1. The van der Waals surface area contributed by atoms with Gasteiger partial charge in [-0.1, -0.05) is 0 Å². The maximum atomic E-state index is 13.0. The highest BCUT2D eigenvalue weighted by atomic mass is 16.6. The lowest BCUT2D eigenvalue weighted by atomic mass is 10.0. The molecule has 1 saturated heterocycles. The first kappa shape index (κ1) is 21.2. The molecule has 3 rings (SSSR count). The van der Waals surface area contributed by atoms with Crippen molar-refractivity contribution in [3.63, 3.8) is 0 Å². The number of aromatic nitrogens is 2. The normalized spacial score (nSPS) is 16.5. The predicted octanol–water partition coefficient (Wildman–Crippen LogP) is 3.74. The van der Waals surface area contributed by atoms with E-state index in [1.54, 1.807) is 57.4 Å². The molecule has 30 heavy (non-hydrogen) atoms. The molecule has 0 aliphatic carbocycles. The van der Waals surface area contributed by atoms with Crippen molar-refractivity contribution in [2.24, 2.45) is 0 Å². The van der Waals surface area contributed by atoms with Gasteiger partial charge in [-0.15, -0.1) is 0 Å². The van der Waals surface area contributed by atoms with Gasteiger partial charge in [0.1, 0.15) is 11.6 Å². The number of nitriles is 1. The van der Waals surface area contributed by atoms with Crippen LogP contribution in [0.15, 0.2) is 36.7 Å². The van der Waals surface area contributed by atoms with E-state index in [4.69, 9.17) is 10.00 Å². The first-order valence-corrected chi connectivity index (χ1v) is 9.90. The van der Waals surface area contributed by atoms with E-state index in [1.165, 1.54) is 4.90 Å². The number of ether oxygens (including phenoxy) is 1. The topological polar surface area (TPSA) is 108 Å². The van der Waals surface area contributed by atoms with Crippen molar-refractivity contribution in [2.45, 2.75) is 51.7 Å². The molecule has 0 spiro atoms. The number of carbonyl (C=O) groups excluding carboxylic acids is 2. The van der Waals surface area contributed by atoms with Crippen molar-refractivity contribution in [3.05, 3.63) is 42.2 Å². The van der Waals surface area contributed by atoms with Gasteiger partial charge in [0.05, 0.1) is 23.0 Å². The molecule has 1 unspecified atom stereocenters. The molecule has 0 saturated carbocycles. The third-order valence-corrected chi connectivity index (χ3v) is 4.61. The molecule has 0 bridgehead atoms. The summed E-state index contributed by atoms with van der Waals surface area (Å²) in [4.78, 5) is 35.5. The Balaban J connectivity index is 1.76. The van der Waals surface area contributed by atoms with Gasteiger partial charge in [0.25, 0.3) is 0 Å². The molecule has 8 nitrogen and oxygen atoms in total. The summed E-state index contributed by atoms with van der Waals surface area (Å²) >= 11 is 0. The number of hydrogen-bond donors (Lipinski definition) is 1. The van der Waals surface area contributed by atoms with Gasteiger partial charge in [0.2, 0.25) is 5.91 Å². The maximum absolute atomic E-state index is 13.0. The van der Waals surface area contributed by atoms with E-state index in [0.717, 1.165) is 12.8 Å². The third-order valence-electron chi connectivity index (χ3n) is 4.61. The Morgan fingerprint density at radius 2 is 1.87 bits per heavy atom. The summed E-state index contributed by atoms with van der Waals surface area (Å²) in [6.45, 7) is 5.90. The number of carbonyl (C=O) groups is 2. The molecular weight excluding hydrogens is 382 g/mol. The summed E-state index contributed by atoms with van der Waals surface area (Å²) in [6, 6.07) is 8.11. The summed E-state index contributed by atoms with van der Waals surface area (Å²) in [5.74, 6) is -0.267. The second-order valence-corrected chi connectivity index (χ2v) is 8.15. The number of anilines is 1. The number of hydrogen-bond acceptors (Lipinski definition) is 6. The number of nitrogens with one attached hydrogen (secondary N) is 1. The lowest BCUT2D eigenvalue weighted by Gasteiger charge is -2.35. The summed E-state index contributed by atoms with van der Waals surface area (Å²) < 4.78 is 5.47. The monoisotopic (exact) mass is 407 g/mol. The smallest absolute Gasteiger partial charge is 0.410 e. The zero-order chi connectivity index (χ0) is 21.7. The lowest BCUT2D eigenvalue weighted by molar-refractivity contribution is -0.122. The van der Waals surface area contributed by atoms with Crippen LogP contribution in [0.4, 0.5) is 10.5 Å². The van der Waals surface area contributed by atoms with Gasteiger partial charge < -0.3 is 10.1 Å². The van der Waals surface area contributed by atoms with Crippen molar-refractivity contribution >= 4 is 17.7 Å². The number of pyridine rings is 2. The van der Waals surface area contributed by atoms with Crippen molar-refractivity contribution < 1.29 is 14.3 Å². The van der Waals surface area contributed by atoms with Gasteiger partial charge in [-0.3, -0.25) is 19.7 Å². The Labute approximate surface area is 175 Å². The van der Waals surface area contributed by atoms with Crippen LogP contribution in [0.1, 0.15) is 45.6 Å². The SMILES string of the molecule is CC(C)(C)OC(=O)N1CCCCC1C(=O)Nc1ccnc(-c2cc(C#N)ccn2)c1. The van der Waals surface area contributed by atoms with Crippen LogP contribution in [0, 0.1) is 11.3 Å². The maximum Gasteiger partial charge on any atom is 0.410 e. The number of piperidine rings is 1. The van der Waals surface area contributed by atoms with E-state index in [9.17, 15) is 9.59 Å². The molecular formula is C22H25N5O3. The highest BCUT2D eigenvalue weighted by Gasteiger charge is 2.34. The Bertz CT molecular complexity index is 977. The fourth-order valence-corrected chi connectivity index (χ4v) is 3.26. The van der Waals surface area contributed by atoms with Crippen LogP contribution in [0.25, 0.3) is 11.4 Å². The number of amides is 2. The van der Waals surface area contributed by atoms with Gasteiger partial charge >= 0.3 is 6.09 Å². The van der Waals surface area contributed by atoms with Crippen LogP contribution in [-0.4, -0.2) is 45.1 Å². The molecule has 3 heterocycles. The van der Waals surface area contributed by atoms with Crippen LogP contribution in [0.3, 0.4) is 0 Å². The van der Waals surface area contributed by atoms with E-state index >= 15 is 0 Å². The van der Waals surface area contributed by atoms with Gasteiger partial charge in [-0.2, -0.15) is 5.26 Å². The lowest BCUT2D eigenvalue weighted by Crippen LogP contribution is -2.51. The fraction of sp³-hybridized carbons (Fsp3) is 0.409. The molecule has 2 aromatic heterocycles. The minimum Gasteiger partial charge on any atom is -0.444 e. The Morgan fingerprint density at radius 3 is 2.57 bits per heavy atom. The van der Waals surface area contributed by atoms with Crippen molar-refractivity contribution in [1.82, 2.24) is 14.9 Å². The molecule has 1 N–H and O–H groups in total. The summed E-state index contributed by atoms with van der Waals surface area (Å²) in [5, 5.41) is 11.9. The van der Waals surface area contributed by atoms with Crippen LogP contribution >= 0.6 is 0 Å². The zero-order valence-corrected chi connectivity index (χ0v) is 17.4. The van der Waals surface area contributed by atoms with Crippen molar-refractivity contribution in [2.75, 3.05) is 11.9 Å². The molecule has 156 valence electrons. The predicted molar refractivity (Wildman–Crippen MR) is 111 cm³/mol. The van der Waals surface area contributed by atoms with Gasteiger partial charge in [-0.05, 0) is 64.3 Å². The average Bonchev–Trinajstić information content (AvgIpc) is 2.72. The average molecular weight is 407 g/mol. The summed E-state index contributed by atoms with van der Waals surface area (Å²) in [7, 11) is 0. The molecule has 1 atom stereocenters. The van der Waals surface area contributed by atoms with E-state index < -0.39 is 17.7 Å². The van der Waals surface area contributed by atoms with Crippen molar-refractivity contribution in [3.8, 4) is 17.5 Å². The molecule has 1 fully saturated rings. The second kappa shape index (κ2) is 8.91. The van der Waals surface area contributed by atoms with Gasteiger partial charge in [0.15, 0.2) is 0 Å². The number of rotatable bonds is 3. The zero-order valence-electron chi connectivity index (χ0n) is 17.4. The summed E-state index contributed by atoms with van der Waals surface area (Å²) in [5.41, 5.74) is 1.48. The first-order chi connectivity index (χ1) is 14.3. The third kappa shape index (κ3) is 5.32. The van der Waals surface area contributed by atoms with Crippen LogP contribution in [-0.2, 0) is 9.53 Å². The molecule has 0 aromatic carbocycles. The highest BCUT2D eigenvalue weighted by Crippen LogP contribution is 2.23. The fourth-order valence-electron chi connectivity index (χ4n) is 3.26. The molecule has 8 heteroatoms. The van der Waals surface area contributed by atoms with Crippen LogP contribution in [0.5, 0.6) is 0 Å². The molecule has 2 amide bonds. The quantitative estimate of drug-likeness (QED) is 0.830. The van der Waals surface area contributed by atoms with E-state index in [-0.39, 0.29) is 5.91 Å². The molecule has 1 aliphatic rings. The molecule has 2 aromatic rings. The Morgan fingerprint density at radius 1 is 1.17 bits per heavy atom. The van der Waals surface area contributed by atoms with Gasteiger partial charge in [-0.25, -0.2) is 4.79 Å². The van der Waals surface area contributed by atoms with Crippen molar-refractivity contribution in [1.29, 1.82) is 5.26 Å². The van der Waals surface area contributed by atoms with E-state index in [2.05, 4.69) is 21.4 Å².